The molecule has 390 valence electrons. The van der Waals surface area contributed by atoms with Gasteiger partial charge >= 0.3 is 93.4 Å². The molecule has 0 aliphatic carbocycles. The van der Waals surface area contributed by atoms with Crippen molar-refractivity contribution < 1.29 is 39.6 Å². The Labute approximate surface area is 415 Å². The van der Waals surface area contributed by atoms with E-state index < -0.39 is 23.9 Å². The molecule has 8 nitrogen and oxygen atoms in total. The molecule has 4 N–H and O–H groups in total. The third-order valence-corrected chi connectivity index (χ3v) is 15.4. The Morgan fingerprint density at radius 2 is 0.369 bits per heavy atom. The van der Waals surface area contributed by atoms with Crippen LogP contribution in [-0.2, 0) is 19.2 Å². The molecule has 0 aliphatic rings. The number of hydrogen-bond donors (Lipinski definition) is 4. The van der Waals surface area contributed by atoms with Gasteiger partial charge in [-0.1, -0.05) is 233 Å². The molecule has 0 spiro atoms. The number of carboxylic acids is 4. The number of aliphatic carboxylic acids is 4. The summed E-state index contributed by atoms with van der Waals surface area (Å²) in [5.74, 6) is -2.64. The van der Waals surface area contributed by atoms with Crippen LogP contribution in [0.1, 0.15) is 324 Å². The summed E-state index contributed by atoms with van der Waals surface area (Å²) in [6, 6.07) is 0. The van der Waals surface area contributed by atoms with Crippen molar-refractivity contribution in [3.05, 3.63) is 0 Å². The third-order valence-electron chi connectivity index (χ3n) is 11.4. The van der Waals surface area contributed by atoms with Gasteiger partial charge in [-0.2, -0.15) is 0 Å². The molecule has 0 aromatic rings. The van der Waals surface area contributed by atoms with Crippen molar-refractivity contribution in [2.24, 2.45) is 0 Å². The molecule has 0 fully saturated rings. The maximum absolute atomic E-state index is 10.2. The molecule has 0 aromatic heterocycles. The average molecular weight is 1030 g/mol. The van der Waals surface area contributed by atoms with Crippen molar-refractivity contribution in [1.29, 1.82) is 0 Å². The van der Waals surface area contributed by atoms with Crippen molar-refractivity contribution >= 4 is 45.0 Å². The third kappa shape index (κ3) is 97.4. The minimum absolute atomic E-state index is 0.149. The van der Waals surface area contributed by atoms with Crippen molar-refractivity contribution in [1.82, 2.24) is 0 Å². The summed E-state index contributed by atoms with van der Waals surface area (Å²) in [4.78, 5) is 40.8. The van der Waals surface area contributed by atoms with Crippen LogP contribution < -0.4 is 0 Å². The molecule has 0 saturated carbocycles. The van der Waals surface area contributed by atoms with Gasteiger partial charge in [-0.05, 0) is 25.7 Å². The summed E-state index contributed by atoms with van der Waals surface area (Å²) < 4.78 is 3.25. The number of carbonyl (C=O) groups is 4. The van der Waals surface area contributed by atoms with E-state index in [-0.39, 0.29) is 21.1 Å². The standard InChI is InChI=1S/4C12H24O2.2C4H9.Sn/c4*1-2-3-4-5-6-7-8-9-10-11-12(13)14;2*1-3-4-2;/h4*2-11H2,1H3,(H,13,14);2*1,3-4H2,2H3;. The zero-order valence-electron chi connectivity index (χ0n) is 44.4. The van der Waals surface area contributed by atoms with Gasteiger partial charge in [-0.3, -0.25) is 19.2 Å². The molecular formula is C56H114O8Sn. The summed E-state index contributed by atoms with van der Waals surface area (Å²) in [7, 11) is 0. The molecule has 0 atom stereocenters. The number of unbranched alkanes of at least 4 members (excludes halogenated alkanes) is 34. The molecule has 0 aromatic carbocycles. The molecule has 0 amide bonds. The molecule has 0 rings (SSSR count). The van der Waals surface area contributed by atoms with Crippen molar-refractivity contribution in [3.63, 3.8) is 0 Å². The Morgan fingerprint density at radius 3 is 0.508 bits per heavy atom. The van der Waals surface area contributed by atoms with Crippen LogP contribution >= 0.6 is 0 Å². The van der Waals surface area contributed by atoms with E-state index in [4.69, 9.17) is 20.4 Å². The van der Waals surface area contributed by atoms with E-state index in [1.54, 1.807) is 8.87 Å². The van der Waals surface area contributed by atoms with E-state index in [1.165, 1.54) is 205 Å². The second kappa shape index (κ2) is 71.7. The van der Waals surface area contributed by atoms with Gasteiger partial charge in [0.05, 0.1) is 0 Å². The Hall–Kier alpha value is -1.32. The first kappa shape index (κ1) is 72.7. The van der Waals surface area contributed by atoms with E-state index in [9.17, 15) is 19.2 Å². The fourth-order valence-electron chi connectivity index (χ4n) is 7.08. The summed E-state index contributed by atoms with van der Waals surface area (Å²) in [5.41, 5.74) is 0. The zero-order chi connectivity index (χ0) is 49.5. The van der Waals surface area contributed by atoms with Crippen LogP contribution in [0.5, 0.6) is 0 Å². The summed E-state index contributed by atoms with van der Waals surface area (Å²) in [5, 5.41) is 33.7. The normalized spacial score (nSPS) is 10.3. The molecule has 9 heteroatoms. The topological polar surface area (TPSA) is 149 Å². The predicted octanol–water partition coefficient (Wildman–Crippen LogP) is 19.1. The fraction of sp³-hybridized carbons (Fsp3) is 0.929. The number of hydrogen-bond acceptors (Lipinski definition) is 4. The van der Waals surface area contributed by atoms with Crippen LogP contribution in [0.25, 0.3) is 0 Å². The van der Waals surface area contributed by atoms with Crippen molar-refractivity contribution in [2.75, 3.05) is 0 Å². The zero-order valence-corrected chi connectivity index (χ0v) is 47.3. The molecule has 0 unspecified atom stereocenters. The van der Waals surface area contributed by atoms with Gasteiger partial charge in [0.1, 0.15) is 0 Å². The van der Waals surface area contributed by atoms with Gasteiger partial charge in [0, 0.05) is 25.7 Å². The van der Waals surface area contributed by atoms with Crippen LogP contribution in [0.2, 0.25) is 8.87 Å². The number of carboxylic acid groups (broad SMARTS) is 4. The van der Waals surface area contributed by atoms with Gasteiger partial charge in [0.2, 0.25) is 0 Å². The Morgan fingerprint density at radius 1 is 0.231 bits per heavy atom. The first-order chi connectivity index (χ1) is 31.5. The molecule has 0 bridgehead atoms. The SMILES string of the molecule is CCCCCCCCCCCC(=O)O.CCCCCCCCCCCC(=O)O.CCCCCCCCCCCC(=O)O.CCCCCCCCCCCC(=O)O.CCC[CH2][Sn][CH2]CCC. The van der Waals surface area contributed by atoms with E-state index >= 15 is 0 Å². The molecule has 65 heavy (non-hydrogen) atoms. The van der Waals surface area contributed by atoms with Crippen LogP contribution in [0.15, 0.2) is 0 Å². The molecule has 2 radical (unpaired) electrons. The monoisotopic (exact) mass is 1030 g/mol. The first-order valence-electron chi connectivity index (χ1n) is 28.1. The maximum atomic E-state index is 10.2. The van der Waals surface area contributed by atoms with E-state index in [0.29, 0.717) is 25.7 Å². The first-order valence-corrected chi connectivity index (χ1v) is 32.1. The average Bonchev–Trinajstić information content (AvgIpc) is 3.27. The Balaban J connectivity index is -0.000000232. The summed E-state index contributed by atoms with van der Waals surface area (Å²) in [6.45, 7) is 13.5. The quantitative estimate of drug-likeness (QED) is 0.0348. The van der Waals surface area contributed by atoms with E-state index in [2.05, 4.69) is 41.5 Å². The van der Waals surface area contributed by atoms with Crippen LogP contribution in [-0.4, -0.2) is 65.4 Å². The predicted molar refractivity (Wildman–Crippen MR) is 283 cm³/mol. The van der Waals surface area contributed by atoms with Crippen LogP contribution in [0.3, 0.4) is 0 Å². The molecule has 0 saturated heterocycles. The van der Waals surface area contributed by atoms with Gasteiger partial charge in [0.25, 0.3) is 0 Å². The van der Waals surface area contributed by atoms with Crippen LogP contribution in [0.4, 0.5) is 0 Å². The van der Waals surface area contributed by atoms with Crippen molar-refractivity contribution in [2.45, 2.75) is 333 Å². The Kier molecular flexibility index (Phi) is 80.1. The summed E-state index contributed by atoms with van der Waals surface area (Å²) in [6.07, 6.45) is 51.8. The number of rotatable bonds is 46. The second-order valence-electron chi connectivity index (χ2n) is 18.3. The van der Waals surface area contributed by atoms with Gasteiger partial charge < -0.3 is 20.4 Å². The van der Waals surface area contributed by atoms with Gasteiger partial charge in [-0.25, -0.2) is 0 Å². The molecule has 0 heterocycles. The fourth-order valence-corrected chi connectivity index (χ4v) is 11.2. The van der Waals surface area contributed by atoms with E-state index in [0.717, 1.165) is 51.4 Å². The molecule has 0 aliphatic heterocycles. The van der Waals surface area contributed by atoms with Crippen molar-refractivity contribution in [3.8, 4) is 0 Å². The Bertz CT molecular complexity index is 766. The van der Waals surface area contributed by atoms with E-state index in [1.807, 2.05) is 0 Å². The molecular weight excluding hydrogens is 919 g/mol. The minimum atomic E-state index is -0.659. The van der Waals surface area contributed by atoms with Crippen LogP contribution in [0, 0.1) is 0 Å². The second-order valence-corrected chi connectivity index (χ2v) is 22.6. The van der Waals surface area contributed by atoms with Gasteiger partial charge in [-0.15, -0.1) is 0 Å². The summed E-state index contributed by atoms with van der Waals surface area (Å²) >= 11 is 0.149. The van der Waals surface area contributed by atoms with Gasteiger partial charge in [0.15, 0.2) is 0 Å².